The van der Waals surface area contributed by atoms with Gasteiger partial charge in [-0.1, -0.05) is 11.6 Å². The van der Waals surface area contributed by atoms with Gasteiger partial charge in [0.2, 0.25) is 0 Å². The molecule has 82 valence electrons. The highest BCUT2D eigenvalue weighted by molar-refractivity contribution is 6.30. The van der Waals surface area contributed by atoms with Crippen molar-refractivity contribution in [2.24, 2.45) is 5.92 Å². The topological polar surface area (TPSA) is 34.1 Å². The number of hydrogen-bond donors (Lipinski definition) is 1. The second kappa shape index (κ2) is 5.33. The van der Waals surface area contributed by atoms with Gasteiger partial charge >= 0.3 is 0 Å². The first-order valence-electron chi connectivity index (χ1n) is 5.30. The molecule has 0 saturated carbocycles. The van der Waals surface area contributed by atoms with Crippen molar-refractivity contribution in [3.8, 4) is 5.75 Å². The maximum atomic E-state index is 5.89. The molecule has 1 aromatic heterocycles. The molecule has 2 heterocycles. The lowest BCUT2D eigenvalue weighted by Gasteiger charge is -2.22. The first-order valence-corrected chi connectivity index (χ1v) is 5.68. The third-order valence-electron chi connectivity index (χ3n) is 2.60. The summed E-state index contributed by atoms with van der Waals surface area (Å²) in [5.74, 6) is 1.28. The van der Waals surface area contributed by atoms with Crippen LogP contribution in [-0.4, -0.2) is 24.7 Å². The lowest BCUT2D eigenvalue weighted by molar-refractivity contribution is 0.218. The Balaban J connectivity index is 1.84. The van der Waals surface area contributed by atoms with Gasteiger partial charge in [0.05, 0.1) is 6.61 Å². The van der Waals surface area contributed by atoms with E-state index in [2.05, 4.69) is 10.3 Å². The minimum Gasteiger partial charge on any atom is -0.490 e. The summed E-state index contributed by atoms with van der Waals surface area (Å²) in [7, 11) is 0. The van der Waals surface area contributed by atoms with Gasteiger partial charge in [0.15, 0.2) is 10.9 Å². The van der Waals surface area contributed by atoms with E-state index in [-0.39, 0.29) is 0 Å². The molecule has 15 heavy (non-hydrogen) atoms. The summed E-state index contributed by atoms with van der Waals surface area (Å²) < 4.78 is 5.64. The molecule has 0 radical (unpaired) electrons. The van der Waals surface area contributed by atoms with Gasteiger partial charge in [-0.25, -0.2) is 4.98 Å². The summed E-state index contributed by atoms with van der Waals surface area (Å²) in [6.45, 7) is 2.89. The SMILES string of the molecule is Clc1ncccc1OCC1CCCNC1. The zero-order valence-electron chi connectivity index (χ0n) is 8.58. The molecule has 1 aliphatic rings. The van der Waals surface area contributed by atoms with Crippen molar-refractivity contribution in [3.05, 3.63) is 23.5 Å². The number of pyridine rings is 1. The minimum atomic E-state index is 0.446. The Morgan fingerprint density at radius 3 is 3.27 bits per heavy atom. The van der Waals surface area contributed by atoms with Gasteiger partial charge in [-0.15, -0.1) is 0 Å². The summed E-state index contributed by atoms with van der Waals surface area (Å²) in [4.78, 5) is 3.97. The normalized spacial score (nSPS) is 21.3. The third kappa shape index (κ3) is 3.08. The lowest BCUT2D eigenvalue weighted by atomic mass is 10.0. The number of aromatic nitrogens is 1. The van der Waals surface area contributed by atoms with Crippen LogP contribution in [0.25, 0.3) is 0 Å². The molecule has 1 unspecified atom stereocenters. The Labute approximate surface area is 94.8 Å². The Morgan fingerprint density at radius 1 is 1.60 bits per heavy atom. The van der Waals surface area contributed by atoms with Crippen LogP contribution in [0.1, 0.15) is 12.8 Å². The van der Waals surface area contributed by atoms with Crippen LogP contribution in [0.2, 0.25) is 5.15 Å². The van der Waals surface area contributed by atoms with Crippen LogP contribution in [0.5, 0.6) is 5.75 Å². The van der Waals surface area contributed by atoms with E-state index in [9.17, 15) is 0 Å². The minimum absolute atomic E-state index is 0.446. The first-order chi connectivity index (χ1) is 7.36. The van der Waals surface area contributed by atoms with E-state index >= 15 is 0 Å². The quantitative estimate of drug-likeness (QED) is 0.802. The number of ether oxygens (including phenoxy) is 1. The molecule has 2 rings (SSSR count). The molecule has 4 heteroatoms. The largest absolute Gasteiger partial charge is 0.490 e. The van der Waals surface area contributed by atoms with E-state index in [0.29, 0.717) is 16.8 Å². The predicted molar refractivity (Wildman–Crippen MR) is 60.3 cm³/mol. The second-order valence-corrected chi connectivity index (χ2v) is 4.17. The molecule has 0 aliphatic carbocycles. The fourth-order valence-corrected chi connectivity index (χ4v) is 1.93. The molecule has 3 nitrogen and oxygen atoms in total. The number of rotatable bonds is 3. The molecule has 1 atom stereocenters. The number of hydrogen-bond acceptors (Lipinski definition) is 3. The average Bonchev–Trinajstić information content (AvgIpc) is 2.29. The molecular formula is C11H15ClN2O. The van der Waals surface area contributed by atoms with E-state index in [1.165, 1.54) is 12.8 Å². The van der Waals surface area contributed by atoms with Crippen LogP contribution < -0.4 is 10.1 Å². The van der Waals surface area contributed by atoms with Crippen molar-refractivity contribution in [2.75, 3.05) is 19.7 Å². The Bertz CT molecular complexity index is 313. The van der Waals surface area contributed by atoms with E-state index in [0.717, 1.165) is 19.7 Å². The molecule has 1 fully saturated rings. The maximum Gasteiger partial charge on any atom is 0.171 e. The molecule has 0 amide bonds. The average molecular weight is 227 g/mol. The van der Waals surface area contributed by atoms with E-state index in [4.69, 9.17) is 16.3 Å². The van der Waals surface area contributed by atoms with Crippen molar-refractivity contribution in [1.82, 2.24) is 10.3 Å². The maximum absolute atomic E-state index is 5.89. The monoisotopic (exact) mass is 226 g/mol. The molecule has 1 N–H and O–H groups in total. The fourth-order valence-electron chi connectivity index (χ4n) is 1.75. The van der Waals surface area contributed by atoms with Crippen LogP contribution in [0.4, 0.5) is 0 Å². The summed E-state index contributed by atoms with van der Waals surface area (Å²) in [6.07, 6.45) is 4.12. The molecular weight excluding hydrogens is 212 g/mol. The van der Waals surface area contributed by atoms with E-state index < -0.39 is 0 Å². The second-order valence-electron chi connectivity index (χ2n) is 3.82. The molecule has 1 saturated heterocycles. The van der Waals surface area contributed by atoms with Gasteiger partial charge in [0.25, 0.3) is 0 Å². The van der Waals surface area contributed by atoms with Crippen LogP contribution >= 0.6 is 11.6 Å². The highest BCUT2D eigenvalue weighted by Gasteiger charge is 2.14. The fraction of sp³-hybridized carbons (Fsp3) is 0.545. The van der Waals surface area contributed by atoms with Crippen molar-refractivity contribution in [3.63, 3.8) is 0 Å². The number of halogens is 1. The van der Waals surface area contributed by atoms with Gasteiger partial charge in [0, 0.05) is 18.7 Å². The summed E-state index contributed by atoms with van der Waals surface area (Å²) in [5.41, 5.74) is 0. The number of piperidine rings is 1. The van der Waals surface area contributed by atoms with Crippen LogP contribution in [0, 0.1) is 5.92 Å². The summed E-state index contributed by atoms with van der Waals surface area (Å²) in [6, 6.07) is 3.69. The summed E-state index contributed by atoms with van der Waals surface area (Å²) >= 11 is 5.89. The zero-order valence-corrected chi connectivity index (χ0v) is 9.33. The standard InChI is InChI=1S/C11H15ClN2O/c12-11-10(4-2-6-14-11)15-8-9-3-1-5-13-7-9/h2,4,6,9,13H,1,3,5,7-8H2. The molecule has 0 bridgehead atoms. The van der Waals surface area contributed by atoms with E-state index in [1.807, 2.05) is 12.1 Å². The molecule has 1 aliphatic heterocycles. The van der Waals surface area contributed by atoms with Gasteiger partial charge in [-0.2, -0.15) is 0 Å². The predicted octanol–water partition coefficient (Wildman–Crippen LogP) is 2.11. The Kier molecular flexibility index (Phi) is 3.80. The van der Waals surface area contributed by atoms with Crippen LogP contribution in [0.3, 0.4) is 0 Å². The van der Waals surface area contributed by atoms with Gasteiger partial charge in [-0.05, 0) is 31.5 Å². The van der Waals surface area contributed by atoms with Crippen LogP contribution in [-0.2, 0) is 0 Å². The smallest absolute Gasteiger partial charge is 0.171 e. The highest BCUT2D eigenvalue weighted by Crippen LogP contribution is 2.21. The van der Waals surface area contributed by atoms with E-state index in [1.54, 1.807) is 6.20 Å². The molecule has 0 spiro atoms. The zero-order chi connectivity index (χ0) is 10.5. The number of nitrogens with one attached hydrogen (secondary N) is 1. The van der Waals surface area contributed by atoms with Gasteiger partial charge in [0.1, 0.15) is 0 Å². The van der Waals surface area contributed by atoms with Gasteiger partial charge in [-0.3, -0.25) is 0 Å². The Morgan fingerprint density at radius 2 is 2.53 bits per heavy atom. The van der Waals surface area contributed by atoms with Gasteiger partial charge < -0.3 is 10.1 Å². The Hall–Kier alpha value is -0.800. The van der Waals surface area contributed by atoms with Crippen molar-refractivity contribution < 1.29 is 4.74 Å². The highest BCUT2D eigenvalue weighted by atomic mass is 35.5. The molecule has 1 aromatic rings. The third-order valence-corrected chi connectivity index (χ3v) is 2.88. The summed E-state index contributed by atoms with van der Waals surface area (Å²) in [5, 5.41) is 3.80. The van der Waals surface area contributed by atoms with Crippen molar-refractivity contribution in [1.29, 1.82) is 0 Å². The van der Waals surface area contributed by atoms with Crippen molar-refractivity contribution >= 4 is 11.6 Å². The van der Waals surface area contributed by atoms with Crippen LogP contribution in [0.15, 0.2) is 18.3 Å². The van der Waals surface area contributed by atoms with Crippen molar-refractivity contribution in [2.45, 2.75) is 12.8 Å². The number of nitrogens with zero attached hydrogens (tertiary/aromatic N) is 1. The lowest BCUT2D eigenvalue weighted by Crippen LogP contribution is -2.33. The molecule has 0 aromatic carbocycles. The first kappa shape index (κ1) is 10.7.